The third kappa shape index (κ3) is 8.14. The summed E-state index contributed by atoms with van der Waals surface area (Å²) < 4.78 is 68.4. The van der Waals surface area contributed by atoms with Crippen molar-refractivity contribution in [2.75, 3.05) is 13.7 Å². The van der Waals surface area contributed by atoms with Crippen LogP contribution in [-0.2, 0) is 19.1 Å². The topological polar surface area (TPSA) is 129 Å². The van der Waals surface area contributed by atoms with Crippen molar-refractivity contribution in [3.8, 4) is 11.6 Å². The van der Waals surface area contributed by atoms with Gasteiger partial charge in [0.2, 0.25) is 17.4 Å². The number of carbonyl (C=O) groups excluding carboxylic acids is 3. The van der Waals surface area contributed by atoms with E-state index < -0.39 is 70.3 Å². The predicted molar refractivity (Wildman–Crippen MR) is 201 cm³/mol. The van der Waals surface area contributed by atoms with Crippen molar-refractivity contribution >= 4 is 35.1 Å². The maximum absolute atomic E-state index is 15.1. The molecule has 3 aliphatic rings. The van der Waals surface area contributed by atoms with Crippen molar-refractivity contribution < 1.29 is 46.5 Å². The average Bonchev–Trinajstić information content (AvgIpc) is 3.48. The Kier molecular flexibility index (Phi) is 11.6. The first-order chi connectivity index (χ1) is 25.6. The van der Waals surface area contributed by atoms with Crippen molar-refractivity contribution in [2.24, 2.45) is 22.7 Å². The van der Waals surface area contributed by atoms with Gasteiger partial charge < -0.3 is 29.2 Å². The van der Waals surface area contributed by atoms with Gasteiger partial charge in [0, 0.05) is 17.4 Å². The lowest BCUT2D eigenvalue weighted by atomic mass is 9.83. The number of nitrogens with one attached hydrogen (secondary N) is 1. The Morgan fingerprint density at radius 3 is 2.36 bits per heavy atom. The molecule has 1 saturated heterocycles. The summed E-state index contributed by atoms with van der Waals surface area (Å²) in [6, 6.07) is 2.65. The smallest absolute Gasteiger partial charge is 0.428 e. The van der Waals surface area contributed by atoms with Crippen LogP contribution in [-0.4, -0.2) is 82.1 Å². The van der Waals surface area contributed by atoms with Crippen LogP contribution >= 0.6 is 0 Å². The number of esters is 1. The van der Waals surface area contributed by atoms with Crippen molar-refractivity contribution in [1.29, 1.82) is 0 Å². The van der Waals surface area contributed by atoms with Gasteiger partial charge in [0.15, 0.2) is 0 Å². The molecule has 2 saturated carbocycles. The number of ether oxygens (including phenoxy) is 4. The molecule has 11 nitrogen and oxygen atoms in total. The largest absolute Gasteiger partial charge is 0.497 e. The summed E-state index contributed by atoms with van der Waals surface area (Å²) >= 11 is 0. The number of nitrogens with zero attached hydrogens (tertiary/aromatic N) is 3. The van der Waals surface area contributed by atoms with E-state index in [1.54, 1.807) is 65.8 Å². The molecule has 0 bridgehead atoms. The van der Waals surface area contributed by atoms with E-state index in [1.165, 1.54) is 18.1 Å². The molecule has 3 unspecified atom stereocenters. The van der Waals surface area contributed by atoms with Crippen LogP contribution in [0.4, 0.5) is 18.0 Å². The normalized spacial score (nSPS) is 27.1. The third-order valence-electron chi connectivity index (χ3n) is 11.3. The highest BCUT2D eigenvalue weighted by Gasteiger charge is 2.79. The van der Waals surface area contributed by atoms with E-state index in [2.05, 4.69) is 28.4 Å². The summed E-state index contributed by atoms with van der Waals surface area (Å²) in [6.45, 7) is 19.5. The molecule has 2 aliphatic carbocycles. The van der Waals surface area contributed by atoms with Gasteiger partial charge in [0.05, 0.1) is 24.7 Å². The molecule has 1 aromatic heterocycles. The summed E-state index contributed by atoms with van der Waals surface area (Å²) in [7, 11) is 1.53. The molecule has 2 amide bonds. The van der Waals surface area contributed by atoms with Gasteiger partial charge in [0.1, 0.15) is 35.2 Å². The second-order valence-electron chi connectivity index (χ2n) is 17.1. The van der Waals surface area contributed by atoms with Crippen LogP contribution in [0.5, 0.6) is 11.6 Å². The molecule has 1 spiro atoms. The van der Waals surface area contributed by atoms with E-state index in [1.807, 2.05) is 6.92 Å². The zero-order valence-corrected chi connectivity index (χ0v) is 33.2. The number of halogens is 3. The molecule has 1 N–H and O–H groups in total. The van der Waals surface area contributed by atoms with E-state index in [-0.39, 0.29) is 37.6 Å². The molecule has 0 radical (unpaired) electrons. The van der Waals surface area contributed by atoms with Crippen LogP contribution < -0.4 is 14.8 Å². The SMILES string of the molecule is C=CCCC1CC12CCCC2(OC(=O)N[C@H](C(=O)N1C[C@H](Oc2nc3cc(OC)ccc3nc2C=C)[C@@H](CC)[C@H]1C(=O)OC(C)(C)C)C(C)(C)C)C(F)(F)F. The molecule has 7 atom stereocenters. The minimum Gasteiger partial charge on any atom is -0.497 e. The van der Waals surface area contributed by atoms with Crippen molar-refractivity contribution in [3.05, 3.63) is 43.1 Å². The minimum absolute atomic E-state index is 0.125. The second kappa shape index (κ2) is 15.3. The first-order valence-electron chi connectivity index (χ1n) is 19.0. The van der Waals surface area contributed by atoms with Gasteiger partial charge in [0.25, 0.3) is 0 Å². The van der Waals surface area contributed by atoms with Crippen molar-refractivity contribution in [3.63, 3.8) is 0 Å². The first kappa shape index (κ1) is 41.8. The molecule has 55 heavy (non-hydrogen) atoms. The number of carbonyl (C=O) groups is 3. The lowest BCUT2D eigenvalue weighted by molar-refractivity contribution is -0.278. The fraction of sp³-hybridized carbons (Fsp3) is 0.634. The monoisotopic (exact) mass is 772 g/mol. The molecule has 1 aliphatic heterocycles. The van der Waals surface area contributed by atoms with Gasteiger partial charge in [-0.1, -0.05) is 40.3 Å². The van der Waals surface area contributed by atoms with Crippen LogP contribution in [0.1, 0.15) is 99.1 Å². The number of likely N-dealkylation sites (tertiary alicyclic amines) is 1. The van der Waals surface area contributed by atoms with Gasteiger partial charge >= 0.3 is 18.2 Å². The second-order valence-corrected chi connectivity index (χ2v) is 17.1. The van der Waals surface area contributed by atoms with Crippen molar-refractivity contribution in [1.82, 2.24) is 20.2 Å². The standard InChI is InChI=1S/C41H55F3N4O7/c1-11-14-16-24-22-39(24)19-15-20-40(39,41(42,43)44)55-36(51)47-32(37(4,5)6)34(49)48-23-30(26(12-2)31(48)35(50)54-38(7,8)9)53-33-27(13-3)45-28-18-17-25(52-10)21-29(28)46-33/h11,13,17-18,21,24,26,30-32H,1,3,12,14-16,19-20,22-23H2,2,4-10H3,(H,47,51)/t24?,26-,30+,31+,32-,39?,40?/m1/s1. The molecule has 2 aromatic rings. The predicted octanol–water partition coefficient (Wildman–Crippen LogP) is 8.21. The number of aromatic nitrogens is 2. The highest BCUT2D eigenvalue weighted by Crippen LogP contribution is 2.73. The Hall–Kier alpha value is -4.36. The molecule has 5 rings (SSSR count). The number of alkyl halides is 3. The van der Waals surface area contributed by atoms with Gasteiger partial charge in [-0.2, -0.15) is 13.2 Å². The van der Waals surface area contributed by atoms with Crippen molar-refractivity contribution in [2.45, 2.75) is 129 Å². The number of methoxy groups -OCH3 is 1. The number of hydrogen-bond donors (Lipinski definition) is 1. The fourth-order valence-electron chi connectivity index (χ4n) is 8.64. The van der Waals surface area contributed by atoms with E-state index in [0.29, 0.717) is 48.2 Å². The van der Waals surface area contributed by atoms with Gasteiger partial charge in [-0.25, -0.2) is 19.6 Å². The number of fused-ring (bicyclic) bond motifs is 1. The lowest BCUT2D eigenvalue weighted by Crippen LogP contribution is -2.60. The summed E-state index contributed by atoms with van der Waals surface area (Å²) in [4.78, 5) is 53.1. The molecule has 3 fully saturated rings. The highest BCUT2D eigenvalue weighted by atomic mass is 19.4. The number of benzene rings is 1. The first-order valence-corrected chi connectivity index (χ1v) is 19.0. The van der Waals surface area contributed by atoms with Gasteiger partial charge in [-0.05, 0) is 95.3 Å². The Morgan fingerprint density at radius 2 is 1.78 bits per heavy atom. The highest BCUT2D eigenvalue weighted by molar-refractivity contribution is 5.91. The lowest BCUT2D eigenvalue weighted by Gasteiger charge is -2.40. The quantitative estimate of drug-likeness (QED) is 0.168. The molecule has 302 valence electrons. The number of rotatable bonds is 12. The number of allylic oxidation sites excluding steroid dienone is 1. The molecule has 14 heteroatoms. The van der Waals surface area contributed by atoms with E-state index in [4.69, 9.17) is 18.9 Å². The van der Waals surface area contributed by atoms with Gasteiger partial charge in [-0.3, -0.25) is 4.79 Å². The minimum atomic E-state index is -4.83. The van der Waals surface area contributed by atoms with Crippen LogP contribution in [0.25, 0.3) is 17.1 Å². The number of hydrogen-bond acceptors (Lipinski definition) is 9. The maximum Gasteiger partial charge on any atom is 0.428 e. The average molecular weight is 773 g/mol. The van der Waals surface area contributed by atoms with E-state index >= 15 is 13.2 Å². The Labute approximate surface area is 321 Å². The number of amides is 2. The van der Waals surface area contributed by atoms with Crippen LogP contribution in [0.15, 0.2) is 37.4 Å². The summed E-state index contributed by atoms with van der Waals surface area (Å²) in [6.07, 6.45) is -1.87. The van der Waals surface area contributed by atoms with Crippen LogP contribution in [0, 0.1) is 22.7 Å². The molecule has 1 aromatic carbocycles. The Morgan fingerprint density at radius 1 is 1.07 bits per heavy atom. The van der Waals surface area contributed by atoms with E-state index in [0.717, 1.165) is 0 Å². The molecular weight excluding hydrogens is 717 g/mol. The Balaban J connectivity index is 1.47. The summed E-state index contributed by atoms with van der Waals surface area (Å²) in [5.74, 6) is -1.57. The van der Waals surface area contributed by atoms with Gasteiger partial charge in [-0.15, -0.1) is 6.58 Å². The Bertz CT molecular complexity index is 1800. The summed E-state index contributed by atoms with van der Waals surface area (Å²) in [5, 5.41) is 2.53. The molecule has 2 heterocycles. The summed E-state index contributed by atoms with van der Waals surface area (Å²) in [5.41, 5.74) is -4.45. The maximum atomic E-state index is 15.1. The zero-order chi connectivity index (χ0) is 40.7. The third-order valence-corrected chi connectivity index (χ3v) is 11.3. The number of alkyl carbamates (subject to hydrolysis) is 1. The zero-order valence-electron chi connectivity index (χ0n) is 33.2. The van der Waals surface area contributed by atoms with E-state index in [9.17, 15) is 14.4 Å². The van der Waals surface area contributed by atoms with Crippen LogP contribution in [0.2, 0.25) is 0 Å². The van der Waals surface area contributed by atoms with Crippen LogP contribution in [0.3, 0.4) is 0 Å². The fourth-order valence-corrected chi connectivity index (χ4v) is 8.64. The molecular formula is C41H55F3N4O7.